The SMILES string of the molecule is Cc1cc(C)c(S(=O)(=O)c2ccccc2)c(N2CCN(C)CC2)n1. The molecule has 0 aliphatic carbocycles. The Morgan fingerprint density at radius 2 is 1.62 bits per heavy atom. The highest BCUT2D eigenvalue weighted by Crippen LogP contribution is 2.32. The molecule has 0 atom stereocenters. The van der Waals surface area contributed by atoms with Gasteiger partial charge in [0, 0.05) is 31.9 Å². The molecule has 1 aliphatic heterocycles. The Kier molecular flexibility index (Phi) is 4.60. The molecule has 0 saturated carbocycles. The molecule has 0 spiro atoms. The summed E-state index contributed by atoms with van der Waals surface area (Å²) >= 11 is 0. The Morgan fingerprint density at radius 3 is 2.25 bits per heavy atom. The van der Waals surface area contributed by atoms with Crippen molar-refractivity contribution in [1.82, 2.24) is 9.88 Å². The van der Waals surface area contributed by atoms with E-state index >= 15 is 0 Å². The van der Waals surface area contributed by atoms with Crippen LogP contribution in [-0.2, 0) is 9.84 Å². The van der Waals surface area contributed by atoms with Gasteiger partial charge < -0.3 is 9.80 Å². The third-order valence-electron chi connectivity index (χ3n) is 4.39. The van der Waals surface area contributed by atoms with Crippen molar-refractivity contribution in [2.45, 2.75) is 23.6 Å². The van der Waals surface area contributed by atoms with E-state index in [0.29, 0.717) is 15.6 Å². The number of hydrogen-bond acceptors (Lipinski definition) is 5. The van der Waals surface area contributed by atoms with Gasteiger partial charge in [-0.05, 0) is 44.7 Å². The monoisotopic (exact) mass is 345 g/mol. The van der Waals surface area contributed by atoms with Crippen molar-refractivity contribution in [3.8, 4) is 0 Å². The largest absolute Gasteiger partial charge is 0.353 e. The lowest BCUT2D eigenvalue weighted by molar-refractivity contribution is 0.311. The zero-order valence-corrected chi connectivity index (χ0v) is 15.2. The average molecular weight is 345 g/mol. The molecule has 0 unspecified atom stereocenters. The molecule has 1 aromatic heterocycles. The molecule has 0 bridgehead atoms. The van der Waals surface area contributed by atoms with Gasteiger partial charge in [-0.1, -0.05) is 18.2 Å². The highest BCUT2D eigenvalue weighted by atomic mass is 32.2. The first-order chi connectivity index (χ1) is 11.4. The fourth-order valence-electron chi connectivity index (χ4n) is 3.09. The summed E-state index contributed by atoms with van der Waals surface area (Å²) in [6.07, 6.45) is 0. The lowest BCUT2D eigenvalue weighted by Gasteiger charge is -2.34. The van der Waals surface area contributed by atoms with Crippen molar-refractivity contribution >= 4 is 15.7 Å². The first-order valence-corrected chi connectivity index (χ1v) is 9.60. The predicted octanol–water partition coefficient (Wildman–Crippen LogP) is 2.28. The Labute approximate surface area is 143 Å². The minimum absolute atomic E-state index is 0.314. The summed E-state index contributed by atoms with van der Waals surface area (Å²) in [7, 11) is -1.52. The zero-order valence-electron chi connectivity index (χ0n) is 14.4. The van der Waals surface area contributed by atoms with Crippen molar-refractivity contribution in [2.75, 3.05) is 38.1 Å². The lowest BCUT2D eigenvalue weighted by Crippen LogP contribution is -2.45. The molecule has 1 aliphatic rings. The summed E-state index contributed by atoms with van der Waals surface area (Å²) in [5.41, 5.74) is 1.59. The van der Waals surface area contributed by atoms with Crippen LogP contribution >= 0.6 is 0 Å². The molecule has 24 heavy (non-hydrogen) atoms. The molecule has 2 aromatic rings. The fraction of sp³-hybridized carbons (Fsp3) is 0.389. The van der Waals surface area contributed by atoms with Gasteiger partial charge in [0.2, 0.25) is 9.84 Å². The summed E-state index contributed by atoms with van der Waals surface area (Å²) in [6.45, 7) is 7.13. The highest BCUT2D eigenvalue weighted by Gasteiger charge is 2.29. The van der Waals surface area contributed by atoms with E-state index in [1.54, 1.807) is 24.3 Å². The van der Waals surface area contributed by atoms with Crippen LogP contribution in [0.15, 0.2) is 46.2 Å². The molecule has 0 radical (unpaired) electrons. The van der Waals surface area contributed by atoms with E-state index in [2.05, 4.69) is 21.8 Å². The minimum atomic E-state index is -3.60. The van der Waals surface area contributed by atoms with Crippen molar-refractivity contribution in [2.24, 2.45) is 0 Å². The Morgan fingerprint density at radius 1 is 1.00 bits per heavy atom. The number of aryl methyl sites for hydroxylation is 2. The van der Waals surface area contributed by atoms with Crippen LogP contribution < -0.4 is 4.90 Å². The predicted molar refractivity (Wildman–Crippen MR) is 95.3 cm³/mol. The van der Waals surface area contributed by atoms with Crippen molar-refractivity contribution in [1.29, 1.82) is 0 Å². The van der Waals surface area contributed by atoms with E-state index in [4.69, 9.17) is 0 Å². The number of hydrogen-bond donors (Lipinski definition) is 0. The van der Waals surface area contributed by atoms with E-state index in [0.717, 1.165) is 37.4 Å². The third kappa shape index (κ3) is 3.16. The van der Waals surface area contributed by atoms with Crippen LogP contribution in [0.25, 0.3) is 0 Å². The van der Waals surface area contributed by atoms with Gasteiger partial charge in [-0.25, -0.2) is 13.4 Å². The van der Waals surface area contributed by atoms with Gasteiger partial charge in [0.1, 0.15) is 10.7 Å². The maximum absolute atomic E-state index is 13.2. The van der Waals surface area contributed by atoms with Crippen molar-refractivity contribution < 1.29 is 8.42 Å². The second-order valence-electron chi connectivity index (χ2n) is 6.34. The molecule has 2 heterocycles. The standard InChI is InChI=1S/C18H23N3O2S/c1-14-13-15(2)19-18(21-11-9-20(3)10-12-21)17(14)24(22,23)16-7-5-4-6-8-16/h4-8,13H,9-12H2,1-3H3. The van der Waals surface area contributed by atoms with Crippen LogP contribution in [0.5, 0.6) is 0 Å². The van der Waals surface area contributed by atoms with Crippen LogP contribution in [0, 0.1) is 13.8 Å². The van der Waals surface area contributed by atoms with Crippen molar-refractivity contribution in [3.63, 3.8) is 0 Å². The minimum Gasteiger partial charge on any atom is -0.353 e. The summed E-state index contributed by atoms with van der Waals surface area (Å²) in [4.78, 5) is 9.59. The van der Waals surface area contributed by atoms with Crippen LogP contribution in [0.2, 0.25) is 0 Å². The quantitative estimate of drug-likeness (QED) is 0.854. The fourth-order valence-corrected chi connectivity index (χ4v) is 4.74. The van der Waals surface area contributed by atoms with Crippen LogP contribution in [-0.4, -0.2) is 51.5 Å². The summed E-state index contributed by atoms with van der Waals surface area (Å²) < 4.78 is 26.4. The number of piperazine rings is 1. The number of rotatable bonds is 3. The third-order valence-corrected chi connectivity index (χ3v) is 6.33. The molecule has 0 N–H and O–H groups in total. The van der Waals surface area contributed by atoms with Gasteiger partial charge in [0.15, 0.2) is 0 Å². The van der Waals surface area contributed by atoms with Gasteiger partial charge >= 0.3 is 0 Å². The van der Waals surface area contributed by atoms with Gasteiger partial charge in [-0.2, -0.15) is 0 Å². The van der Waals surface area contributed by atoms with E-state index in [9.17, 15) is 8.42 Å². The topological polar surface area (TPSA) is 53.5 Å². The number of anilines is 1. The number of nitrogens with zero attached hydrogens (tertiary/aromatic N) is 3. The summed E-state index contributed by atoms with van der Waals surface area (Å²) in [5, 5.41) is 0. The van der Waals surface area contributed by atoms with E-state index in [-0.39, 0.29) is 0 Å². The molecule has 1 saturated heterocycles. The first-order valence-electron chi connectivity index (χ1n) is 8.11. The first kappa shape index (κ1) is 16.9. The summed E-state index contributed by atoms with van der Waals surface area (Å²) in [6, 6.07) is 10.4. The van der Waals surface area contributed by atoms with Crippen molar-refractivity contribution in [3.05, 3.63) is 47.7 Å². The maximum atomic E-state index is 13.2. The van der Waals surface area contributed by atoms with E-state index in [1.807, 2.05) is 26.0 Å². The van der Waals surface area contributed by atoms with Gasteiger partial charge in [0.05, 0.1) is 4.90 Å². The Bertz CT molecular complexity index is 827. The molecule has 6 heteroatoms. The molecule has 5 nitrogen and oxygen atoms in total. The van der Waals surface area contributed by atoms with Crippen LogP contribution in [0.1, 0.15) is 11.3 Å². The number of pyridine rings is 1. The molecular formula is C18H23N3O2S. The Hall–Kier alpha value is -1.92. The molecule has 1 fully saturated rings. The second-order valence-corrected chi connectivity index (χ2v) is 8.23. The zero-order chi connectivity index (χ0) is 17.3. The maximum Gasteiger partial charge on any atom is 0.210 e. The van der Waals surface area contributed by atoms with Crippen LogP contribution in [0.3, 0.4) is 0 Å². The average Bonchev–Trinajstić information content (AvgIpc) is 2.55. The highest BCUT2D eigenvalue weighted by molar-refractivity contribution is 7.91. The smallest absolute Gasteiger partial charge is 0.210 e. The molecule has 128 valence electrons. The van der Waals surface area contributed by atoms with Gasteiger partial charge in [-0.3, -0.25) is 0 Å². The van der Waals surface area contributed by atoms with Crippen LogP contribution in [0.4, 0.5) is 5.82 Å². The normalized spacial score (nSPS) is 16.4. The molecule has 1 aromatic carbocycles. The number of sulfone groups is 1. The molecule has 0 amide bonds. The number of likely N-dealkylation sites (N-methyl/N-ethyl adjacent to an activating group) is 1. The van der Waals surface area contributed by atoms with Gasteiger partial charge in [-0.15, -0.1) is 0 Å². The summed E-state index contributed by atoms with van der Waals surface area (Å²) in [5.74, 6) is 0.587. The van der Waals surface area contributed by atoms with E-state index in [1.165, 1.54) is 0 Å². The number of benzene rings is 1. The lowest BCUT2D eigenvalue weighted by atomic mass is 10.2. The molecular weight excluding hydrogens is 322 g/mol. The van der Waals surface area contributed by atoms with E-state index < -0.39 is 9.84 Å². The number of aromatic nitrogens is 1. The Balaban J connectivity index is 2.14. The van der Waals surface area contributed by atoms with Gasteiger partial charge in [0.25, 0.3) is 0 Å². The molecule has 3 rings (SSSR count). The second kappa shape index (κ2) is 6.53.